The van der Waals surface area contributed by atoms with E-state index in [4.69, 9.17) is 4.74 Å². The summed E-state index contributed by atoms with van der Waals surface area (Å²) in [6.45, 7) is 6.63. The maximum Gasteiger partial charge on any atom is 0.253 e. The van der Waals surface area contributed by atoms with Gasteiger partial charge in [-0.1, -0.05) is 87.1 Å². The molecule has 0 bridgehead atoms. The number of ether oxygens (including phenoxy) is 1. The van der Waals surface area contributed by atoms with E-state index in [2.05, 4.69) is 57.2 Å². The number of carbonyl (C=O) groups is 1. The molecule has 0 aromatic heterocycles. The summed E-state index contributed by atoms with van der Waals surface area (Å²) in [5, 5.41) is -0.0121. The molecule has 0 saturated heterocycles. The van der Waals surface area contributed by atoms with Gasteiger partial charge >= 0.3 is 0 Å². The lowest BCUT2D eigenvalue weighted by Gasteiger charge is -2.30. The minimum Gasteiger partial charge on any atom is -0.481 e. The first-order chi connectivity index (χ1) is 12.4. The van der Waals surface area contributed by atoms with Crippen LogP contribution < -0.4 is 0 Å². The van der Waals surface area contributed by atoms with Gasteiger partial charge in [0, 0.05) is 5.92 Å². The van der Waals surface area contributed by atoms with Gasteiger partial charge < -0.3 is 4.74 Å². The number of benzene rings is 2. The highest BCUT2D eigenvalue weighted by Crippen LogP contribution is 2.39. The molecule has 0 fully saturated rings. The van der Waals surface area contributed by atoms with Gasteiger partial charge in [-0.15, -0.1) is 0 Å². The Bertz CT molecular complexity index is 785. The zero-order valence-electron chi connectivity index (χ0n) is 15.9. The van der Waals surface area contributed by atoms with Crippen LogP contribution in [0.5, 0.6) is 0 Å². The van der Waals surface area contributed by atoms with Crippen LogP contribution in [0, 0.1) is 0 Å². The van der Waals surface area contributed by atoms with Crippen molar-refractivity contribution in [1.29, 1.82) is 0 Å². The van der Waals surface area contributed by atoms with E-state index >= 15 is 0 Å². The lowest BCUT2D eigenvalue weighted by Crippen LogP contribution is -2.18. The monoisotopic (exact) mass is 366 g/mol. The van der Waals surface area contributed by atoms with Crippen LogP contribution in [0.1, 0.15) is 55.9 Å². The van der Waals surface area contributed by atoms with Gasteiger partial charge in [0.15, 0.2) is 5.76 Å². The Kier molecular flexibility index (Phi) is 5.57. The second-order valence-corrected chi connectivity index (χ2v) is 8.53. The molecule has 0 spiro atoms. The zero-order chi connectivity index (χ0) is 18.7. The normalized spacial score (nSPS) is 20.2. The van der Waals surface area contributed by atoms with Crippen LogP contribution in [0.25, 0.3) is 0 Å². The Morgan fingerprint density at radius 3 is 2.23 bits per heavy atom. The fourth-order valence-electron chi connectivity index (χ4n) is 3.27. The van der Waals surface area contributed by atoms with Gasteiger partial charge in [0.1, 0.15) is 6.10 Å². The van der Waals surface area contributed by atoms with Crippen LogP contribution >= 0.6 is 11.8 Å². The minimum atomic E-state index is -0.106. The maximum atomic E-state index is 12.3. The third-order valence-electron chi connectivity index (χ3n) is 4.85. The van der Waals surface area contributed by atoms with Crippen molar-refractivity contribution in [1.82, 2.24) is 0 Å². The van der Waals surface area contributed by atoms with Crippen molar-refractivity contribution in [3.63, 3.8) is 0 Å². The Balaban J connectivity index is 1.91. The fourth-order valence-corrected chi connectivity index (χ4v) is 3.59. The molecule has 136 valence electrons. The van der Waals surface area contributed by atoms with Crippen molar-refractivity contribution < 1.29 is 9.53 Å². The number of hydrogen-bond acceptors (Lipinski definition) is 3. The average molecular weight is 367 g/mol. The topological polar surface area (TPSA) is 26.3 Å². The van der Waals surface area contributed by atoms with Crippen LogP contribution in [0.2, 0.25) is 0 Å². The van der Waals surface area contributed by atoms with E-state index in [1.54, 1.807) is 6.26 Å². The van der Waals surface area contributed by atoms with Crippen molar-refractivity contribution in [2.45, 2.75) is 44.6 Å². The summed E-state index contributed by atoms with van der Waals surface area (Å²) in [7, 11) is 0. The third kappa shape index (κ3) is 4.21. The Morgan fingerprint density at radius 2 is 1.65 bits per heavy atom. The van der Waals surface area contributed by atoms with Gasteiger partial charge in [-0.05, 0) is 40.9 Å². The molecule has 0 radical (unpaired) electrons. The summed E-state index contributed by atoms with van der Waals surface area (Å²) in [6.07, 6.45) is 4.51. The summed E-state index contributed by atoms with van der Waals surface area (Å²) in [5.41, 5.74) is 3.77. The van der Waals surface area contributed by atoms with Crippen LogP contribution in [-0.2, 0) is 14.9 Å². The molecule has 2 nitrogen and oxygen atoms in total. The molecule has 2 aromatic carbocycles. The predicted molar refractivity (Wildman–Crippen MR) is 109 cm³/mol. The standard InChI is InChI=1S/C23H26O2S/c1-23(2,3)19-12-10-17(11-13-19)20-14-18(16-8-6-5-7-9-16)15-21(25-20)22(24)26-4/h5-13,15,18,20H,14H2,1-4H3/t18-,20+/m1/s1. The van der Waals surface area contributed by atoms with Crippen molar-refractivity contribution >= 4 is 16.9 Å². The van der Waals surface area contributed by atoms with Crippen LogP contribution in [0.4, 0.5) is 0 Å². The van der Waals surface area contributed by atoms with E-state index in [-0.39, 0.29) is 22.6 Å². The van der Waals surface area contributed by atoms with Gasteiger partial charge in [0.05, 0.1) is 0 Å². The molecule has 0 saturated carbocycles. The largest absolute Gasteiger partial charge is 0.481 e. The molecule has 1 aliphatic rings. The summed E-state index contributed by atoms with van der Waals surface area (Å²) >= 11 is 1.20. The predicted octanol–water partition coefficient (Wildman–Crippen LogP) is 6.00. The molecular weight excluding hydrogens is 340 g/mol. The maximum absolute atomic E-state index is 12.3. The highest BCUT2D eigenvalue weighted by atomic mass is 32.2. The molecule has 3 rings (SSSR count). The molecule has 2 atom stereocenters. The van der Waals surface area contributed by atoms with Crippen LogP contribution in [0.3, 0.4) is 0 Å². The number of hydrogen-bond donors (Lipinski definition) is 0. The number of rotatable bonds is 3. The first kappa shape index (κ1) is 18.8. The van der Waals surface area contributed by atoms with Crippen molar-refractivity contribution in [3.8, 4) is 0 Å². The average Bonchev–Trinajstić information content (AvgIpc) is 2.67. The number of thioether (sulfide) groups is 1. The van der Waals surface area contributed by atoms with Gasteiger partial charge in [0.2, 0.25) is 0 Å². The smallest absolute Gasteiger partial charge is 0.253 e. The molecule has 3 heteroatoms. The highest BCUT2D eigenvalue weighted by molar-refractivity contribution is 8.13. The number of allylic oxidation sites excluding steroid dienone is 1. The molecule has 1 aliphatic heterocycles. The summed E-state index contributed by atoms with van der Waals surface area (Å²) < 4.78 is 6.09. The molecule has 0 amide bonds. The lowest BCUT2D eigenvalue weighted by atomic mass is 9.84. The lowest BCUT2D eigenvalue weighted by molar-refractivity contribution is -0.112. The first-order valence-corrected chi connectivity index (χ1v) is 10.2. The second-order valence-electron chi connectivity index (χ2n) is 7.75. The van der Waals surface area contributed by atoms with Crippen molar-refractivity contribution in [2.24, 2.45) is 0 Å². The van der Waals surface area contributed by atoms with E-state index in [0.29, 0.717) is 5.76 Å². The summed E-state index contributed by atoms with van der Waals surface area (Å²) in [5.74, 6) is 0.658. The minimum absolute atomic E-state index is 0.0121. The zero-order valence-corrected chi connectivity index (χ0v) is 16.7. The molecular formula is C23H26O2S. The molecule has 26 heavy (non-hydrogen) atoms. The van der Waals surface area contributed by atoms with Gasteiger partial charge in [-0.2, -0.15) is 0 Å². The third-order valence-corrected chi connectivity index (χ3v) is 5.42. The van der Waals surface area contributed by atoms with Crippen molar-refractivity contribution in [2.75, 3.05) is 6.26 Å². The SMILES string of the molecule is CSC(=O)C1=C[C@H](c2ccccc2)C[C@@H](c2ccc(C(C)(C)C)cc2)O1. The Hall–Kier alpha value is -2.00. The van der Waals surface area contributed by atoms with Gasteiger partial charge in [-0.25, -0.2) is 0 Å². The van der Waals surface area contributed by atoms with Crippen molar-refractivity contribution in [3.05, 3.63) is 83.1 Å². The fraction of sp³-hybridized carbons (Fsp3) is 0.348. The Labute approximate surface area is 160 Å². The second kappa shape index (κ2) is 7.71. The molecule has 2 aromatic rings. The van der Waals surface area contributed by atoms with Crippen LogP contribution in [-0.4, -0.2) is 11.4 Å². The van der Waals surface area contributed by atoms with E-state index in [0.717, 1.165) is 12.0 Å². The van der Waals surface area contributed by atoms with E-state index in [1.807, 2.05) is 24.3 Å². The summed E-state index contributed by atoms with van der Waals surface area (Å²) in [6, 6.07) is 19.0. The molecule has 0 N–H and O–H groups in total. The van der Waals surface area contributed by atoms with Gasteiger partial charge in [0.25, 0.3) is 5.12 Å². The molecule has 1 heterocycles. The number of carbonyl (C=O) groups excluding carboxylic acids is 1. The quantitative estimate of drug-likeness (QED) is 0.666. The molecule has 0 aliphatic carbocycles. The summed E-state index contributed by atoms with van der Waals surface area (Å²) in [4.78, 5) is 12.3. The van der Waals surface area contributed by atoms with Gasteiger partial charge in [-0.3, -0.25) is 4.79 Å². The van der Waals surface area contributed by atoms with Crippen LogP contribution in [0.15, 0.2) is 66.4 Å². The Morgan fingerprint density at radius 1 is 1.00 bits per heavy atom. The van der Waals surface area contributed by atoms with E-state index in [1.165, 1.54) is 22.9 Å². The van der Waals surface area contributed by atoms with E-state index in [9.17, 15) is 4.79 Å². The highest BCUT2D eigenvalue weighted by Gasteiger charge is 2.29. The molecule has 0 unspecified atom stereocenters. The first-order valence-electron chi connectivity index (χ1n) is 9.00. The van der Waals surface area contributed by atoms with E-state index < -0.39 is 0 Å².